The maximum Gasteiger partial charge on any atom is 0.573 e. The summed E-state index contributed by atoms with van der Waals surface area (Å²) in [5.74, 6) is -0.184. The van der Waals surface area contributed by atoms with E-state index in [4.69, 9.17) is 4.74 Å². The molecule has 1 saturated heterocycles. The minimum atomic E-state index is -4.81. The van der Waals surface area contributed by atoms with Crippen LogP contribution in [0.4, 0.5) is 29.9 Å². The van der Waals surface area contributed by atoms with E-state index >= 15 is 0 Å². The second-order valence-electron chi connectivity index (χ2n) is 9.58. The van der Waals surface area contributed by atoms with Crippen molar-refractivity contribution in [3.63, 3.8) is 0 Å². The van der Waals surface area contributed by atoms with Gasteiger partial charge in [-0.3, -0.25) is 9.59 Å². The highest BCUT2D eigenvalue weighted by Crippen LogP contribution is 2.27. The molecule has 2 aromatic carbocycles. The summed E-state index contributed by atoms with van der Waals surface area (Å²) >= 11 is 1.17. The Morgan fingerprint density at radius 3 is 2.30 bits per heavy atom. The number of nitrogens with zero attached hydrogens (tertiary/aromatic N) is 5. The number of nitrogens with one attached hydrogen (secondary N) is 2. The molecule has 2 aromatic heterocycles. The van der Waals surface area contributed by atoms with Crippen molar-refractivity contribution in [3.8, 4) is 10.9 Å². The average molecular weight is 614 g/mol. The molecule has 1 aliphatic rings. The zero-order chi connectivity index (χ0) is 30.2. The van der Waals surface area contributed by atoms with Gasteiger partial charge in [0.15, 0.2) is 11.6 Å². The highest BCUT2D eigenvalue weighted by molar-refractivity contribution is 7.17. The first-order valence-electron chi connectivity index (χ1n) is 13.3. The lowest BCUT2D eigenvalue weighted by atomic mass is 10.1. The monoisotopic (exact) mass is 613 g/mol. The van der Waals surface area contributed by atoms with Gasteiger partial charge in [0.2, 0.25) is 16.9 Å². The summed E-state index contributed by atoms with van der Waals surface area (Å²) < 4.78 is 47.2. The molecule has 5 rings (SSSR count). The first-order chi connectivity index (χ1) is 20.7. The molecular formula is C28H26F3N7O4S. The van der Waals surface area contributed by atoms with E-state index in [0.717, 1.165) is 17.7 Å². The third-order valence-electron chi connectivity index (χ3n) is 6.31. The summed E-state index contributed by atoms with van der Waals surface area (Å²) in [6.45, 7) is 1.31. The molecule has 0 saturated carbocycles. The SMILES string of the molecule is O=C(Cc1cccc(OC(F)(F)F)c1)Nc1ccc(N2CCC(Oc3nnc(NC(=O)Cc4ccccc4)s3)CC2)nn1. The van der Waals surface area contributed by atoms with Crippen molar-refractivity contribution in [1.29, 1.82) is 0 Å². The number of hydrogen-bond acceptors (Lipinski definition) is 10. The number of carbonyl (C=O) groups is 2. The van der Waals surface area contributed by atoms with Gasteiger partial charge in [-0.15, -0.1) is 28.5 Å². The molecule has 15 heteroatoms. The van der Waals surface area contributed by atoms with E-state index in [0.29, 0.717) is 47.6 Å². The number of aromatic nitrogens is 4. The smallest absolute Gasteiger partial charge is 0.465 e. The van der Waals surface area contributed by atoms with Gasteiger partial charge in [0, 0.05) is 25.9 Å². The Morgan fingerprint density at radius 2 is 1.58 bits per heavy atom. The van der Waals surface area contributed by atoms with E-state index < -0.39 is 18.0 Å². The summed E-state index contributed by atoms with van der Waals surface area (Å²) in [5, 5.41) is 22.4. The topological polar surface area (TPSA) is 131 Å². The van der Waals surface area contributed by atoms with Crippen LogP contribution in [0.15, 0.2) is 66.7 Å². The van der Waals surface area contributed by atoms with Crippen LogP contribution in [-0.4, -0.2) is 57.8 Å². The van der Waals surface area contributed by atoms with Gasteiger partial charge >= 0.3 is 6.36 Å². The molecule has 0 spiro atoms. The van der Waals surface area contributed by atoms with Gasteiger partial charge in [-0.2, -0.15) is 0 Å². The van der Waals surface area contributed by atoms with Crippen LogP contribution in [0, 0.1) is 0 Å². The van der Waals surface area contributed by atoms with E-state index in [9.17, 15) is 22.8 Å². The number of piperidine rings is 1. The number of rotatable bonds is 10. The largest absolute Gasteiger partial charge is 0.573 e. The first kappa shape index (κ1) is 29.7. The quantitative estimate of drug-likeness (QED) is 0.263. The normalized spacial score (nSPS) is 13.8. The lowest BCUT2D eigenvalue weighted by molar-refractivity contribution is -0.274. The molecule has 0 unspecified atom stereocenters. The van der Waals surface area contributed by atoms with Gasteiger partial charge in [-0.1, -0.05) is 47.6 Å². The maximum absolute atomic E-state index is 12.4. The van der Waals surface area contributed by atoms with Crippen molar-refractivity contribution in [3.05, 3.63) is 77.9 Å². The van der Waals surface area contributed by atoms with Crippen LogP contribution in [0.25, 0.3) is 0 Å². The minimum Gasteiger partial charge on any atom is -0.465 e. The molecule has 3 heterocycles. The molecule has 0 radical (unpaired) electrons. The van der Waals surface area contributed by atoms with Crippen LogP contribution in [0.1, 0.15) is 24.0 Å². The van der Waals surface area contributed by atoms with Crippen molar-refractivity contribution in [1.82, 2.24) is 20.4 Å². The third-order valence-corrected chi connectivity index (χ3v) is 7.04. The standard InChI is InChI=1S/C28H26F3N7O4S/c29-28(30,31)42-21-8-4-7-19(15-21)17-24(39)32-22-9-10-23(35-34-22)38-13-11-20(12-14-38)41-27-37-36-26(43-27)33-25(40)16-18-5-2-1-3-6-18/h1-10,15,20H,11-14,16-17H2,(H,32,34,39)(H,33,36,40). The van der Waals surface area contributed by atoms with Crippen molar-refractivity contribution >= 4 is 39.9 Å². The molecule has 4 aromatic rings. The zero-order valence-electron chi connectivity index (χ0n) is 22.6. The number of benzene rings is 2. The number of hydrogen-bond donors (Lipinski definition) is 2. The van der Waals surface area contributed by atoms with Gasteiger partial charge in [0.05, 0.1) is 12.8 Å². The molecule has 2 amide bonds. The van der Waals surface area contributed by atoms with E-state index in [1.165, 1.54) is 23.5 Å². The molecule has 1 fully saturated rings. The Kier molecular flexibility index (Phi) is 9.29. The fourth-order valence-electron chi connectivity index (χ4n) is 4.38. The Bertz CT molecular complexity index is 1530. The number of anilines is 3. The first-order valence-corrected chi connectivity index (χ1v) is 14.1. The maximum atomic E-state index is 12.4. The summed E-state index contributed by atoms with van der Waals surface area (Å²) in [6, 6.07) is 18.0. The second kappa shape index (κ2) is 13.5. The van der Waals surface area contributed by atoms with E-state index in [-0.39, 0.29) is 30.7 Å². The molecule has 11 nitrogen and oxygen atoms in total. The van der Waals surface area contributed by atoms with Crippen molar-refractivity contribution < 1.29 is 32.2 Å². The van der Waals surface area contributed by atoms with Gasteiger partial charge in [-0.05, 0) is 46.7 Å². The third kappa shape index (κ3) is 9.10. The molecular weight excluding hydrogens is 587 g/mol. The number of alkyl halides is 3. The fourth-order valence-corrected chi connectivity index (χ4v) is 5.06. The average Bonchev–Trinajstić information content (AvgIpc) is 3.40. The summed E-state index contributed by atoms with van der Waals surface area (Å²) in [6.07, 6.45) is -3.42. The lowest BCUT2D eigenvalue weighted by Crippen LogP contribution is -2.38. The second-order valence-corrected chi connectivity index (χ2v) is 10.5. The van der Waals surface area contributed by atoms with E-state index in [1.807, 2.05) is 35.2 Å². The van der Waals surface area contributed by atoms with E-state index in [1.54, 1.807) is 12.1 Å². The molecule has 2 N–H and O–H groups in total. The predicted octanol–water partition coefficient (Wildman–Crippen LogP) is 4.64. The number of amides is 2. The summed E-state index contributed by atoms with van der Waals surface area (Å²) in [5.41, 5.74) is 1.26. The Hall–Kier alpha value is -4.79. The molecule has 224 valence electrons. The molecule has 1 aliphatic heterocycles. The Morgan fingerprint density at radius 1 is 0.860 bits per heavy atom. The van der Waals surface area contributed by atoms with Crippen LogP contribution in [-0.2, 0) is 22.4 Å². The molecule has 43 heavy (non-hydrogen) atoms. The molecule has 0 bridgehead atoms. The van der Waals surface area contributed by atoms with Crippen LogP contribution >= 0.6 is 11.3 Å². The number of halogens is 3. The van der Waals surface area contributed by atoms with E-state index in [2.05, 4.69) is 35.8 Å². The number of carbonyl (C=O) groups excluding carboxylic acids is 2. The number of ether oxygens (including phenoxy) is 2. The highest BCUT2D eigenvalue weighted by Gasteiger charge is 2.31. The fraction of sp³-hybridized carbons (Fsp3) is 0.286. The van der Waals surface area contributed by atoms with Gasteiger partial charge < -0.3 is 25.0 Å². The molecule has 0 aliphatic carbocycles. The van der Waals surface area contributed by atoms with Crippen molar-refractivity contribution in [2.75, 3.05) is 28.6 Å². The zero-order valence-corrected chi connectivity index (χ0v) is 23.4. The summed E-state index contributed by atoms with van der Waals surface area (Å²) in [4.78, 5) is 26.7. The van der Waals surface area contributed by atoms with Gasteiger partial charge in [-0.25, -0.2) is 0 Å². The van der Waals surface area contributed by atoms with Crippen molar-refractivity contribution in [2.45, 2.75) is 38.1 Å². The molecule has 0 atom stereocenters. The Labute approximate surface area is 248 Å². The highest BCUT2D eigenvalue weighted by atomic mass is 32.1. The minimum absolute atomic E-state index is 0.0800. The van der Waals surface area contributed by atoms with Crippen molar-refractivity contribution in [2.24, 2.45) is 0 Å². The summed E-state index contributed by atoms with van der Waals surface area (Å²) in [7, 11) is 0. The van der Waals surface area contributed by atoms with Crippen LogP contribution in [0.2, 0.25) is 0 Å². The van der Waals surface area contributed by atoms with Gasteiger partial charge in [0.1, 0.15) is 11.9 Å². The lowest BCUT2D eigenvalue weighted by Gasteiger charge is -2.31. The van der Waals surface area contributed by atoms with Crippen LogP contribution < -0.4 is 25.0 Å². The van der Waals surface area contributed by atoms with Crippen LogP contribution in [0.3, 0.4) is 0 Å². The van der Waals surface area contributed by atoms with Gasteiger partial charge in [0.25, 0.3) is 5.19 Å². The Balaban J connectivity index is 1.05. The predicted molar refractivity (Wildman–Crippen MR) is 152 cm³/mol. The van der Waals surface area contributed by atoms with Crippen LogP contribution in [0.5, 0.6) is 10.9 Å².